The number of hydrogen-bond acceptors (Lipinski definition) is 4. The first kappa shape index (κ1) is 11.5. The number of nitro groups is 1. The minimum atomic E-state index is -0.648. The van der Waals surface area contributed by atoms with Crippen LogP contribution in [-0.2, 0) is 0 Å². The van der Waals surface area contributed by atoms with Crippen molar-refractivity contribution in [2.45, 2.75) is 20.0 Å². The van der Waals surface area contributed by atoms with Crippen LogP contribution in [0.3, 0.4) is 0 Å². The van der Waals surface area contributed by atoms with Crippen molar-refractivity contribution in [2.75, 3.05) is 6.61 Å². The zero-order chi connectivity index (χ0) is 11.4. The highest BCUT2D eigenvalue weighted by molar-refractivity contribution is 5.51. The SMILES string of the molecule is Cc1cccc(OCC(C)O)c1[N+](=O)[O-]. The van der Waals surface area contributed by atoms with Crippen LogP contribution in [0.15, 0.2) is 18.2 Å². The lowest BCUT2D eigenvalue weighted by molar-refractivity contribution is -0.386. The average Bonchev–Trinajstić information content (AvgIpc) is 2.13. The average molecular weight is 211 g/mol. The molecule has 1 aromatic carbocycles. The van der Waals surface area contributed by atoms with Gasteiger partial charge in [0.25, 0.3) is 0 Å². The third-order valence-electron chi connectivity index (χ3n) is 1.86. The molecular weight excluding hydrogens is 198 g/mol. The van der Waals surface area contributed by atoms with E-state index in [1.54, 1.807) is 26.0 Å². The van der Waals surface area contributed by atoms with Crippen LogP contribution in [0.5, 0.6) is 5.75 Å². The molecule has 1 rings (SSSR count). The van der Waals surface area contributed by atoms with Crippen molar-refractivity contribution >= 4 is 5.69 Å². The number of ether oxygens (including phenoxy) is 1. The van der Waals surface area contributed by atoms with Gasteiger partial charge in [0.1, 0.15) is 6.61 Å². The lowest BCUT2D eigenvalue weighted by Crippen LogP contribution is -2.13. The summed E-state index contributed by atoms with van der Waals surface area (Å²) in [7, 11) is 0. The summed E-state index contributed by atoms with van der Waals surface area (Å²) >= 11 is 0. The highest BCUT2D eigenvalue weighted by Crippen LogP contribution is 2.30. The Bertz CT molecular complexity index is 362. The van der Waals surface area contributed by atoms with E-state index in [1.165, 1.54) is 6.07 Å². The molecule has 0 saturated carbocycles. The van der Waals surface area contributed by atoms with Gasteiger partial charge in [0.2, 0.25) is 0 Å². The molecule has 1 atom stereocenters. The second-order valence-corrected chi connectivity index (χ2v) is 3.34. The largest absolute Gasteiger partial charge is 0.484 e. The topological polar surface area (TPSA) is 72.6 Å². The molecule has 0 fully saturated rings. The van der Waals surface area contributed by atoms with Gasteiger partial charge in [-0.25, -0.2) is 0 Å². The van der Waals surface area contributed by atoms with E-state index in [0.29, 0.717) is 5.56 Å². The fourth-order valence-electron chi connectivity index (χ4n) is 1.19. The minimum Gasteiger partial charge on any atom is -0.484 e. The fourth-order valence-corrected chi connectivity index (χ4v) is 1.19. The number of aliphatic hydroxyl groups is 1. The van der Waals surface area contributed by atoms with Gasteiger partial charge in [-0.1, -0.05) is 12.1 Å². The van der Waals surface area contributed by atoms with Crippen molar-refractivity contribution in [3.8, 4) is 5.75 Å². The Kier molecular flexibility index (Phi) is 3.62. The predicted molar refractivity (Wildman–Crippen MR) is 55.0 cm³/mol. The second-order valence-electron chi connectivity index (χ2n) is 3.34. The zero-order valence-corrected chi connectivity index (χ0v) is 8.64. The highest BCUT2D eigenvalue weighted by Gasteiger charge is 2.18. The molecule has 1 aromatic rings. The molecular formula is C10H13NO4. The molecule has 0 spiro atoms. The van der Waals surface area contributed by atoms with E-state index in [-0.39, 0.29) is 18.0 Å². The minimum absolute atomic E-state index is 0.0434. The Labute approximate surface area is 87.5 Å². The number of aryl methyl sites for hydroxylation is 1. The second kappa shape index (κ2) is 4.75. The normalized spacial score (nSPS) is 12.2. The number of para-hydroxylation sites is 1. The molecule has 5 nitrogen and oxygen atoms in total. The number of nitrogens with zero attached hydrogens (tertiary/aromatic N) is 1. The van der Waals surface area contributed by atoms with Crippen LogP contribution in [0.1, 0.15) is 12.5 Å². The van der Waals surface area contributed by atoms with E-state index in [0.717, 1.165) is 0 Å². The van der Waals surface area contributed by atoms with Crippen LogP contribution in [0.25, 0.3) is 0 Å². The van der Waals surface area contributed by atoms with Gasteiger partial charge in [-0.05, 0) is 19.9 Å². The van der Waals surface area contributed by atoms with Crippen molar-refractivity contribution < 1.29 is 14.8 Å². The van der Waals surface area contributed by atoms with E-state index in [2.05, 4.69) is 0 Å². The quantitative estimate of drug-likeness (QED) is 0.607. The molecule has 0 bridgehead atoms. The number of rotatable bonds is 4. The molecule has 0 saturated heterocycles. The summed E-state index contributed by atoms with van der Waals surface area (Å²) < 4.78 is 5.15. The maximum Gasteiger partial charge on any atom is 0.313 e. The van der Waals surface area contributed by atoms with E-state index in [9.17, 15) is 10.1 Å². The summed E-state index contributed by atoms with van der Waals surface area (Å²) in [5, 5.41) is 19.8. The lowest BCUT2D eigenvalue weighted by Gasteiger charge is -2.09. The smallest absolute Gasteiger partial charge is 0.313 e. The molecule has 82 valence electrons. The Balaban J connectivity index is 2.96. The van der Waals surface area contributed by atoms with Crippen LogP contribution in [0, 0.1) is 17.0 Å². The van der Waals surface area contributed by atoms with Gasteiger partial charge in [-0.15, -0.1) is 0 Å². The van der Waals surface area contributed by atoms with Crippen molar-refractivity contribution in [2.24, 2.45) is 0 Å². The zero-order valence-electron chi connectivity index (χ0n) is 8.64. The van der Waals surface area contributed by atoms with Gasteiger partial charge < -0.3 is 9.84 Å². The van der Waals surface area contributed by atoms with Gasteiger partial charge in [0.15, 0.2) is 5.75 Å². The summed E-state index contributed by atoms with van der Waals surface area (Å²) in [6, 6.07) is 4.85. The van der Waals surface area contributed by atoms with Gasteiger partial charge >= 0.3 is 5.69 Å². The van der Waals surface area contributed by atoms with Crippen LogP contribution >= 0.6 is 0 Å². The Hall–Kier alpha value is -1.62. The van der Waals surface area contributed by atoms with Gasteiger partial charge in [-0.3, -0.25) is 10.1 Å². The lowest BCUT2D eigenvalue weighted by atomic mass is 10.2. The molecule has 1 N–H and O–H groups in total. The standard InChI is InChI=1S/C10H13NO4/c1-7-4-3-5-9(10(7)11(13)14)15-6-8(2)12/h3-5,8,12H,6H2,1-2H3. The third-order valence-corrected chi connectivity index (χ3v) is 1.86. The first-order valence-corrected chi connectivity index (χ1v) is 4.57. The number of hydrogen-bond donors (Lipinski definition) is 1. The molecule has 0 aliphatic rings. The number of benzene rings is 1. The Morgan fingerprint density at radius 2 is 2.27 bits per heavy atom. The van der Waals surface area contributed by atoms with E-state index < -0.39 is 11.0 Å². The third kappa shape index (κ3) is 2.92. The van der Waals surface area contributed by atoms with E-state index >= 15 is 0 Å². The number of aliphatic hydroxyl groups excluding tert-OH is 1. The monoisotopic (exact) mass is 211 g/mol. The summed E-state index contributed by atoms with van der Waals surface area (Å²) in [5.74, 6) is 0.195. The van der Waals surface area contributed by atoms with Crippen molar-refractivity contribution in [3.05, 3.63) is 33.9 Å². The maximum atomic E-state index is 10.8. The Morgan fingerprint density at radius 1 is 1.60 bits per heavy atom. The molecule has 0 aliphatic heterocycles. The van der Waals surface area contributed by atoms with Crippen LogP contribution in [-0.4, -0.2) is 22.7 Å². The van der Waals surface area contributed by atoms with Gasteiger partial charge in [0.05, 0.1) is 11.0 Å². The van der Waals surface area contributed by atoms with Crippen molar-refractivity contribution in [1.29, 1.82) is 0 Å². The molecule has 0 aliphatic carbocycles. The van der Waals surface area contributed by atoms with E-state index in [1.807, 2.05) is 0 Å². The molecule has 15 heavy (non-hydrogen) atoms. The molecule has 5 heteroatoms. The first-order chi connectivity index (χ1) is 7.02. The first-order valence-electron chi connectivity index (χ1n) is 4.57. The molecule has 0 radical (unpaired) electrons. The predicted octanol–water partition coefficient (Wildman–Crippen LogP) is 1.66. The molecule has 0 amide bonds. The fraction of sp³-hybridized carbons (Fsp3) is 0.400. The van der Waals surface area contributed by atoms with Crippen LogP contribution < -0.4 is 4.74 Å². The molecule has 0 heterocycles. The summed E-state index contributed by atoms with van der Waals surface area (Å²) in [5.41, 5.74) is 0.501. The van der Waals surface area contributed by atoms with Crippen LogP contribution in [0.4, 0.5) is 5.69 Å². The highest BCUT2D eigenvalue weighted by atomic mass is 16.6. The van der Waals surface area contributed by atoms with Crippen molar-refractivity contribution in [1.82, 2.24) is 0 Å². The molecule has 0 aromatic heterocycles. The number of nitro benzene ring substituents is 1. The van der Waals surface area contributed by atoms with Gasteiger partial charge in [0, 0.05) is 5.56 Å². The van der Waals surface area contributed by atoms with Gasteiger partial charge in [-0.2, -0.15) is 0 Å². The Morgan fingerprint density at radius 3 is 2.80 bits per heavy atom. The maximum absolute atomic E-state index is 10.8. The van der Waals surface area contributed by atoms with E-state index in [4.69, 9.17) is 9.84 Å². The summed E-state index contributed by atoms with van der Waals surface area (Å²) in [4.78, 5) is 10.3. The summed E-state index contributed by atoms with van der Waals surface area (Å²) in [6.07, 6.45) is -0.648. The summed E-state index contributed by atoms with van der Waals surface area (Å²) in [6.45, 7) is 3.25. The molecule has 1 unspecified atom stereocenters. The van der Waals surface area contributed by atoms with Crippen molar-refractivity contribution in [3.63, 3.8) is 0 Å². The van der Waals surface area contributed by atoms with Crippen LogP contribution in [0.2, 0.25) is 0 Å².